The monoisotopic (exact) mass is 223 g/mol. The van der Waals surface area contributed by atoms with Crippen molar-refractivity contribution in [2.75, 3.05) is 25.1 Å². The van der Waals surface area contributed by atoms with E-state index in [0.717, 1.165) is 17.5 Å². The van der Waals surface area contributed by atoms with Gasteiger partial charge in [0.25, 0.3) is 0 Å². The third-order valence-electron chi connectivity index (χ3n) is 1.71. The summed E-state index contributed by atoms with van der Waals surface area (Å²) >= 11 is 0. The van der Waals surface area contributed by atoms with Crippen molar-refractivity contribution < 1.29 is 10.0 Å². The SMILES string of the molecule is CNO.CNc1ccc(/C=C/C=O)cc1N. The van der Waals surface area contributed by atoms with E-state index in [1.54, 1.807) is 11.6 Å². The summed E-state index contributed by atoms with van der Waals surface area (Å²) < 4.78 is 0. The second-order valence-corrected chi connectivity index (χ2v) is 2.82. The van der Waals surface area contributed by atoms with Crippen molar-refractivity contribution in [3.8, 4) is 0 Å². The van der Waals surface area contributed by atoms with Gasteiger partial charge in [-0.2, -0.15) is 0 Å². The first-order valence-electron chi connectivity index (χ1n) is 4.69. The number of allylic oxidation sites excluding steroid dienone is 1. The highest BCUT2D eigenvalue weighted by Gasteiger charge is 1.95. The first-order valence-corrected chi connectivity index (χ1v) is 4.69. The minimum Gasteiger partial charge on any atom is -0.397 e. The molecule has 0 aromatic heterocycles. The van der Waals surface area contributed by atoms with E-state index in [9.17, 15) is 4.79 Å². The molecule has 0 amide bonds. The molecule has 0 saturated carbocycles. The highest BCUT2D eigenvalue weighted by atomic mass is 16.5. The molecule has 5 nitrogen and oxygen atoms in total. The largest absolute Gasteiger partial charge is 0.397 e. The van der Waals surface area contributed by atoms with Crippen molar-refractivity contribution in [1.82, 2.24) is 5.48 Å². The van der Waals surface area contributed by atoms with Gasteiger partial charge in [-0.25, -0.2) is 5.48 Å². The zero-order chi connectivity index (χ0) is 12.4. The van der Waals surface area contributed by atoms with Gasteiger partial charge in [-0.1, -0.05) is 12.1 Å². The Balaban J connectivity index is 0.000000673. The lowest BCUT2D eigenvalue weighted by Crippen LogP contribution is -1.95. The molecule has 0 atom stereocenters. The Bertz CT molecular complexity index is 351. The molecule has 16 heavy (non-hydrogen) atoms. The number of hydroxylamine groups is 1. The van der Waals surface area contributed by atoms with Crippen molar-refractivity contribution in [3.63, 3.8) is 0 Å². The molecule has 0 bridgehead atoms. The van der Waals surface area contributed by atoms with Crippen LogP contribution in [0.2, 0.25) is 0 Å². The Hall–Kier alpha value is -1.85. The zero-order valence-electron chi connectivity index (χ0n) is 9.40. The van der Waals surface area contributed by atoms with E-state index >= 15 is 0 Å². The van der Waals surface area contributed by atoms with Crippen LogP contribution in [0, 0.1) is 0 Å². The number of carbonyl (C=O) groups is 1. The molecular weight excluding hydrogens is 206 g/mol. The van der Waals surface area contributed by atoms with Crippen LogP contribution in [0.5, 0.6) is 0 Å². The highest BCUT2D eigenvalue weighted by Crippen LogP contribution is 2.19. The van der Waals surface area contributed by atoms with Crippen molar-refractivity contribution >= 4 is 23.7 Å². The Morgan fingerprint density at radius 2 is 2.00 bits per heavy atom. The van der Waals surface area contributed by atoms with E-state index in [1.165, 1.54) is 13.1 Å². The molecule has 5 N–H and O–H groups in total. The summed E-state index contributed by atoms with van der Waals surface area (Å²) in [6.07, 6.45) is 3.89. The molecule has 0 spiro atoms. The predicted molar refractivity (Wildman–Crippen MR) is 66.3 cm³/mol. The molecule has 0 aliphatic carbocycles. The first-order chi connectivity index (χ1) is 7.69. The van der Waals surface area contributed by atoms with Gasteiger partial charge < -0.3 is 16.3 Å². The lowest BCUT2D eigenvalue weighted by Gasteiger charge is -2.04. The Morgan fingerprint density at radius 3 is 2.44 bits per heavy atom. The molecule has 5 heteroatoms. The van der Waals surface area contributed by atoms with Gasteiger partial charge in [0.1, 0.15) is 6.29 Å². The number of rotatable bonds is 3. The summed E-state index contributed by atoms with van der Waals surface area (Å²) in [5.41, 5.74) is 9.96. The normalized spacial score (nSPS) is 9.44. The van der Waals surface area contributed by atoms with Gasteiger partial charge in [-0.15, -0.1) is 0 Å². The predicted octanol–water partition coefficient (Wildman–Crippen LogP) is 1.12. The van der Waals surface area contributed by atoms with Crippen LogP contribution in [0.25, 0.3) is 6.08 Å². The second kappa shape index (κ2) is 8.46. The number of nitrogens with one attached hydrogen (secondary N) is 2. The molecule has 1 aromatic carbocycles. The number of nitrogens with two attached hydrogens (primary N) is 1. The fraction of sp³-hybridized carbons (Fsp3) is 0.182. The molecule has 88 valence electrons. The zero-order valence-corrected chi connectivity index (χ0v) is 9.40. The third-order valence-corrected chi connectivity index (χ3v) is 1.71. The average molecular weight is 223 g/mol. The van der Waals surface area contributed by atoms with Crippen LogP contribution >= 0.6 is 0 Å². The van der Waals surface area contributed by atoms with Gasteiger partial charge in [0, 0.05) is 14.1 Å². The maximum atomic E-state index is 10.1. The Kier molecular flexibility index (Phi) is 7.48. The maximum Gasteiger partial charge on any atom is 0.142 e. The summed E-state index contributed by atoms with van der Waals surface area (Å²) in [4.78, 5) is 10.1. The van der Waals surface area contributed by atoms with Crippen LogP contribution in [0.4, 0.5) is 11.4 Å². The van der Waals surface area contributed by atoms with Crippen LogP contribution in [0.1, 0.15) is 5.56 Å². The summed E-state index contributed by atoms with van der Waals surface area (Å²) in [5.74, 6) is 0. The number of aldehydes is 1. The molecule has 1 aromatic rings. The lowest BCUT2D eigenvalue weighted by atomic mass is 10.1. The van der Waals surface area contributed by atoms with Crippen LogP contribution in [-0.4, -0.2) is 25.6 Å². The molecule has 0 unspecified atom stereocenters. The number of anilines is 2. The van der Waals surface area contributed by atoms with E-state index < -0.39 is 0 Å². The lowest BCUT2D eigenvalue weighted by molar-refractivity contribution is -0.104. The van der Waals surface area contributed by atoms with Crippen molar-refractivity contribution in [2.45, 2.75) is 0 Å². The summed E-state index contributed by atoms with van der Waals surface area (Å²) in [5, 5.41) is 10.3. The van der Waals surface area contributed by atoms with Gasteiger partial charge in [-0.3, -0.25) is 4.79 Å². The van der Waals surface area contributed by atoms with Crippen molar-refractivity contribution in [2.24, 2.45) is 0 Å². The van der Waals surface area contributed by atoms with E-state index in [0.29, 0.717) is 5.69 Å². The summed E-state index contributed by atoms with van der Waals surface area (Å²) in [6, 6.07) is 5.58. The number of nitrogen functional groups attached to an aromatic ring is 1. The topological polar surface area (TPSA) is 87.4 Å². The number of carbonyl (C=O) groups excluding carboxylic acids is 1. The van der Waals surface area contributed by atoms with E-state index in [-0.39, 0.29) is 0 Å². The standard InChI is InChI=1S/C10H12N2O.CH5NO/c1-12-10-5-4-8(3-2-6-13)7-9(10)11;1-2-3/h2-7,12H,11H2,1H3;2-3H,1H3/b3-2+;. The van der Waals surface area contributed by atoms with Crippen LogP contribution in [0.3, 0.4) is 0 Å². The third kappa shape index (κ3) is 5.14. The molecule has 0 heterocycles. The second-order valence-electron chi connectivity index (χ2n) is 2.82. The van der Waals surface area contributed by atoms with Crippen LogP contribution in [-0.2, 0) is 4.79 Å². The minimum absolute atomic E-state index is 0.676. The smallest absolute Gasteiger partial charge is 0.142 e. The van der Waals surface area contributed by atoms with E-state index in [2.05, 4.69) is 5.32 Å². The van der Waals surface area contributed by atoms with Gasteiger partial charge in [0.2, 0.25) is 0 Å². The number of benzene rings is 1. The molecule has 0 aliphatic heterocycles. The molecule has 1 rings (SSSR count). The average Bonchev–Trinajstić information content (AvgIpc) is 2.27. The van der Waals surface area contributed by atoms with Gasteiger partial charge >= 0.3 is 0 Å². The summed E-state index contributed by atoms with van der Waals surface area (Å²) in [6.45, 7) is 0. The quantitative estimate of drug-likeness (QED) is 0.267. The molecule has 0 aliphatic rings. The van der Waals surface area contributed by atoms with E-state index in [1.807, 2.05) is 25.2 Å². The summed E-state index contributed by atoms with van der Waals surface area (Å²) in [7, 11) is 3.24. The minimum atomic E-state index is 0.676. The maximum absolute atomic E-state index is 10.1. The van der Waals surface area contributed by atoms with Gasteiger partial charge in [0.15, 0.2) is 0 Å². The fourth-order valence-electron chi connectivity index (χ4n) is 1.06. The Morgan fingerprint density at radius 1 is 1.38 bits per heavy atom. The van der Waals surface area contributed by atoms with Crippen molar-refractivity contribution in [3.05, 3.63) is 29.8 Å². The molecule has 0 radical (unpaired) electrons. The van der Waals surface area contributed by atoms with Gasteiger partial charge in [0.05, 0.1) is 11.4 Å². The fourth-order valence-corrected chi connectivity index (χ4v) is 1.06. The Labute approximate surface area is 94.9 Å². The molecular formula is C11H17N3O2. The van der Waals surface area contributed by atoms with Crippen molar-refractivity contribution in [1.29, 1.82) is 0 Å². The van der Waals surface area contributed by atoms with Crippen LogP contribution < -0.4 is 16.5 Å². The number of hydrogen-bond donors (Lipinski definition) is 4. The van der Waals surface area contributed by atoms with Gasteiger partial charge in [-0.05, 0) is 23.8 Å². The highest BCUT2D eigenvalue weighted by molar-refractivity contribution is 5.76. The first kappa shape index (κ1) is 14.2. The number of hydrogen-bond acceptors (Lipinski definition) is 5. The molecule has 0 fully saturated rings. The van der Waals surface area contributed by atoms with Crippen LogP contribution in [0.15, 0.2) is 24.3 Å². The molecule has 0 saturated heterocycles. The van der Waals surface area contributed by atoms with E-state index in [4.69, 9.17) is 10.9 Å².